The van der Waals surface area contributed by atoms with Crippen LogP contribution in [-0.4, -0.2) is 41.7 Å². The Morgan fingerprint density at radius 3 is 1.87 bits per heavy atom. The van der Waals surface area contributed by atoms with E-state index in [0.717, 1.165) is 20.6 Å². The minimum absolute atomic E-state index is 0.462. The van der Waals surface area contributed by atoms with Crippen LogP contribution in [0.25, 0.3) is 10.8 Å². The van der Waals surface area contributed by atoms with Crippen molar-refractivity contribution < 1.29 is 23.2 Å². The van der Waals surface area contributed by atoms with Crippen LogP contribution < -0.4 is 5.32 Å². The molecule has 0 bridgehead atoms. The van der Waals surface area contributed by atoms with Crippen molar-refractivity contribution in [3.8, 4) is 0 Å². The maximum atomic E-state index is 14.4. The predicted octanol–water partition coefficient (Wildman–Crippen LogP) is 5.45. The quantitative estimate of drug-likeness (QED) is 0.363. The van der Waals surface area contributed by atoms with E-state index in [1.807, 2.05) is 36.4 Å². The van der Waals surface area contributed by atoms with Crippen LogP contribution in [0.4, 0.5) is 19.3 Å². The van der Waals surface area contributed by atoms with Crippen molar-refractivity contribution in [2.75, 3.05) is 19.4 Å². The first-order chi connectivity index (χ1) is 18.2. The molecule has 1 saturated heterocycles. The van der Waals surface area contributed by atoms with Crippen LogP contribution in [0.15, 0.2) is 84.9 Å². The molecule has 2 aliphatic rings. The highest BCUT2D eigenvalue weighted by Gasteiger charge is 2.67. The molecule has 2 aliphatic heterocycles. The molecule has 6 rings (SSSR count). The zero-order valence-corrected chi connectivity index (χ0v) is 20.6. The maximum Gasteiger partial charge on any atom is 0.332 e. The second kappa shape index (κ2) is 8.48. The number of hydrogen-bond donors (Lipinski definition) is 1. The van der Waals surface area contributed by atoms with E-state index < -0.39 is 46.9 Å². The summed E-state index contributed by atoms with van der Waals surface area (Å²) < 4.78 is 28.1. The molecular formula is C30H23F2N3O3. The van der Waals surface area contributed by atoms with Gasteiger partial charge in [-0.05, 0) is 57.8 Å². The number of fused-ring (bicyclic) bond motifs is 3. The third-order valence-electron chi connectivity index (χ3n) is 7.77. The Balaban J connectivity index is 1.76. The van der Waals surface area contributed by atoms with E-state index in [1.54, 1.807) is 12.1 Å². The van der Waals surface area contributed by atoms with Crippen molar-refractivity contribution in [1.82, 2.24) is 9.80 Å². The predicted molar refractivity (Wildman–Crippen MR) is 138 cm³/mol. The lowest BCUT2D eigenvalue weighted by atomic mass is 9.58. The van der Waals surface area contributed by atoms with Gasteiger partial charge in [-0.3, -0.25) is 19.4 Å². The van der Waals surface area contributed by atoms with Crippen molar-refractivity contribution in [3.05, 3.63) is 113 Å². The lowest BCUT2D eigenvalue weighted by Crippen LogP contribution is -2.68. The van der Waals surface area contributed by atoms with E-state index in [4.69, 9.17) is 0 Å². The molecule has 8 heteroatoms. The molecule has 4 amide bonds. The highest BCUT2D eigenvalue weighted by Crippen LogP contribution is 2.59. The Morgan fingerprint density at radius 2 is 1.26 bits per heavy atom. The standard InChI is InChI=1S/C30H23F2N3O3/c1-34-27(36)30(28(37)35(2)29(34)38)25(18-7-12-20(31)13-8-18)24-22-6-4-3-5-17(22)11-16-23(24)33-26(30)19-9-14-21(32)15-10-19/h3-16,25-26,33H,1-2H3/t25-,26-/m1/s1. The fourth-order valence-electron chi connectivity index (χ4n) is 6.02. The fraction of sp³-hybridized carbons (Fsp3) is 0.167. The molecule has 4 aromatic carbocycles. The molecule has 0 unspecified atom stereocenters. The van der Waals surface area contributed by atoms with Crippen LogP contribution in [-0.2, 0) is 9.59 Å². The fourth-order valence-corrected chi connectivity index (χ4v) is 6.02. The number of nitrogens with one attached hydrogen (secondary N) is 1. The lowest BCUT2D eigenvalue weighted by Gasteiger charge is -2.53. The molecule has 1 N–H and O–H groups in total. The molecule has 1 fully saturated rings. The van der Waals surface area contributed by atoms with Crippen molar-refractivity contribution in [2.45, 2.75) is 12.0 Å². The third-order valence-corrected chi connectivity index (χ3v) is 7.77. The van der Waals surface area contributed by atoms with Gasteiger partial charge in [0, 0.05) is 25.7 Å². The number of benzene rings is 4. The molecule has 0 aliphatic carbocycles. The second-order valence-corrected chi connectivity index (χ2v) is 9.74. The van der Waals surface area contributed by atoms with Crippen LogP contribution in [0.1, 0.15) is 28.7 Å². The molecule has 190 valence electrons. The number of barbiturate groups is 1. The topological polar surface area (TPSA) is 69.7 Å². The summed E-state index contributed by atoms with van der Waals surface area (Å²) in [5, 5.41) is 5.11. The summed E-state index contributed by atoms with van der Waals surface area (Å²) in [4.78, 5) is 43.6. The van der Waals surface area contributed by atoms with Gasteiger partial charge in [0.25, 0.3) is 0 Å². The number of halogens is 2. The maximum absolute atomic E-state index is 14.4. The number of amides is 4. The van der Waals surface area contributed by atoms with Gasteiger partial charge in [0.2, 0.25) is 11.8 Å². The Morgan fingerprint density at radius 1 is 0.711 bits per heavy atom. The summed E-state index contributed by atoms with van der Waals surface area (Å²) in [7, 11) is 2.69. The van der Waals surface area contributed by atoms with Crippen molar-refractivity contribution in [3.63, 3.8) is 0 Å². The Bertz CT molecular complexity index is 1590. The Labute approximate surface area is 217 Å². The molecule has 4 aromatic rings. The van der Waals surface area contributed by atoms with Crippen molar-refractivity contribution >= 4 is 34.3 Å². The highest BCUT2D eigenvalue weighted by molar-refractivity contribution is 6.21. The number of carbonyl (C=O) groups is 3. The summed E-state index contributed by atoms with van der Waals surface area (Å²) in [5.74, 6) is -3.22. The van der Waals surface area contributed by atoms with Gasteiger partial charge in [-0.1, -0.05) is 54.6 Å². The summed E-state index contributed by atoms with van der Waals surface area (Å²) in [5.41, 5.74) is 0.516. The first-order valence-corrected chi connectivity index (χ1v) is 12.1. The van der Waals surface area contributed by atoms with Crippen LogP contribution >= 0.6 is 0 Å². The summed E-state index contributed by atoms with van der Waals surface area (Å²) in [6.07, 6.45) is 0. The smallest absolute Gasteiger partial charge is 0.332 e. The van der Waals surface area contributed by atoms with Gasteiger partial charge >= 0.3 is 6.03 Å². The number of anilines is 1. The van der Waals surface area contributed by atoms with Gasteiger partial charge in [0.15, 0.2) is 5.41 Å². The molecule has 0 saturated carbocycles. The van der Waals surface area contributed by atoms with E-state index in [2.05, 4.69) is 5.32 Å². The van der Waals surface area contributed by atoms with Gasteiger partial charge in [-0.2, -0.15) is 0 Å². The van der Waals surface area contributed by atoms with E-state index in [-0.39, 0.29) is 0 Å². The van der Waals surface area contributed by atoms with Crippen molar-refractivity contribution in [1.29, 1.82) is 0 Å². The minimum atomic E-state index is -1.88. The summed E-state index contributed by atoms with van der Waals surface area (Å²) >= 11 is 0. The third kappa shape index (κ3) is 3.19. The van der Waals surface area contributed by atoms with Gasteiger partial charge in [0.1, 0.15) is 11.6 Å². The molecule has 0 aromatic heterocycles. The lowest BCUT2D eigenvalue weighted by molar-refractivity contribution is -0.160. The van der Waals surface area contributed by atoms with Gasteiger partial charge < -0.3 is 5.32 Å². The van der Waals surface area contributed by atoms with Gasteiger partial charge in [0.05, 0.1) is 6.04 Å². The Kier molecular flexibility index (Phi) is 5.31. The highest BCUT2D eigenvalue weighted by atomic mass is 19.1. The normalized spacial score (nSPS) is 20.6. The van der Waals surface area contributed by atoms with E-state index in [0.29, 0.717) is 22.4 Å². The number of imide groups is 2. The zero-order chi connectivity index (χ0) is 26.8. The molecule has 38 heavy (non-hydrogen) atoms. The van der Waals surface area contributed by atoms with Crippen LogP contribution in [0.3, 0.4) is 0 Å². The summed E-state index contributed by atoms with van der Waals surface area (Å²) in [6, 6.07) is 21.0. The number of hydrogen-bond acceptors (Lipinski definition) is 4. The summed E-state index contributed by atoms with van der Waals surface area (Å²) in [6.45, 7) is 0. The largest absolute Gasteiger partial charge is 0.376 e. The van der Waals surface area contributed by atoms with E-state index in [9.17, 15) is 23.2 Å². The van der Waals surface area contributed by atoms with Crippen LogP contribution in [0.5, 0.6) is 0 Å². The first kappa shape index (κ1) is 23.8. The zero-order valence-electron chi connectivity index (χ0n) is 20.6. The number of urea groups is 1. The van der Waals surface area contributed by atoms with Gasteiger partial charge in [-0.15, -0.1) is 0 Å². The average Bonchev–Trinajstić information content (AvgIpc) is 2.94. The molecule has 1 spiro atoms. The van der Waals surface area contributed by atoms with Crippen molar-refractivity contribution in [2.24, 2.45) is 5.41 Å². The number of nitrogens with zero attached hydrogens (tertiary/aromatic N) is 2. The van der Waals surface area contributed by atoms with Crippen LogP contribution in [0.2, 0.25) is 0 Å². The average molecular weight is 512 g/mol. The number of carbonyl (C=O) groups excluding carboxylic acids is 3. The molecule has 2 atom stereocenters. The second-order valence-electron chi connectivity index (χ2n) is 9.74. The minimum Gasteiger partial charge on any atom is -0.376 e. The molecule has 6 nitrogen and oxygen atoms in total. The number of rotatable bonds is 2. The molecule has 0 radical (unpaired) electrons. The van der Waals surface area contributed by atoms with Crippen LogP contribution in [0, 0.1) is 17.0 Å². The van der Waals surface area contributed by atoms with Gasteiger partial charge in [-0.25, -0.2) is 13.6 Å². The van der Waals surface area contributed by atoms with E-state index in [1.165, 1.54) is 50.5 Å². The molecule has 2 heterocycles. The first-order valence-electron chi connectivity index (χ1n) is 12.1. The monoisotopic (exact) mass is 511 g/mol. The Hall–Kier alpha value is -4.59. The van der Waals surface area contributed by atoms with E-state index >= 15 is 0 Å². The molecular weight excluding hydrogens is 488 g/mol. The SMILES string of the molecule is CN1C(=O)N(C)C(=O)C2(C1=O)[C@H](c1ccc(F)cc1)c1c(ccc3ccccc13)N[C@@H]2c1ccc(F)cc1.